The fourth-order valence-electron chi connectivity index (χ4n) is 4.91. The number of nitrogens with one attached hydrogen (secondary N) is 2. The second-order valence-corrected chi connectivity index (χ2v) is 13.3. The van der Waals surface area contributed by atoms with Crippen molar-refractivity contribution in [3.63, 3.8) is 0 Å². The van der Waals surface area contributed by atoms with Crippen molar-refractivity contribution in [1.29, 1.82) is 0 Å². The van der Waals surface area contributed by atoms with Crippen LogP contribution in [0, 0.1) is 0 Å². The van der Waals surface area contributed by atoms with Crippen LogP contribution < -0.4 is 29.6 Å². The van der Waals surface area contributed by atoms with Crippen LogP contribution in [-0.2, 0) is 26.2 Å². The maximum atomic E-state index is 13.8. The summed E-state index contributed by atoms with van der Waals surface area (Å²) in [7, 11) is -1.03. The Morgan fingerprint density at radius 3 is 2.53 bits per heavy atom. The Morgan fingerprint density at radius 2 is 1.81 bits per heavy atom. The number of nitrogens with zero attached hydrogens (tertiary/aromatic N) is 2. The Morgan fingerprint density at radius 1 is 1.02 bits per heavy atom. The van der Waals surface area contributed by atoms with Gasteiger partial charge in [-0.3, -0.25) is 14.4 Å². The van der Waals surface area contributed by atoms with Crippen LogP contribution in [0.25, 0.3) is 10.6 Å². The van der Waals surface area contributed by atoms with Crippen LogP contribution in [0.2, 0.25) is 0 Å². The van der Waals surface area contributed by atoms with Crippen LogP contribution in [0.5, 0.6) is 23.0 Å². The lowest BCUT2D eigenvalue weighted by atomic mass is 10.1. The summed E-state index contributed by atoms with van der Waals surface area (Å²) < 4.78 is 57.0. The van der Waals surface area contributed by atoms with Crippen molar-refractivity contribution in [3.8, 4) is 33.6 Å². The number of carboxylic acid groups (broad SMARTS) is 1. The molecule has 2 amide bonds. The molecule has 3 aliphatic heterocycles. The highest BCUT2D eigenvalue weighted by Gasteiger charge is 2.42. The summed E-state index contributed by atoms with van der Waals surface area (Å²) in [6.07, 6.45) is 0.714. The number of thiophene rings is 1. The van der Waals surface area contributed by atoms with Gasteiger partial charge in [0, 0.05) is 24.7 Å². The number of hydrogen-bond acceptors (Lipinski definition) is 12. The molecule has 3 aliphatic rings. The van der Waals surface area contributed by atoms with E-state index >= 15 is 0 Å². The first kappa shape index (κ1) is 33.2. The monoisotopic (exact) mass is 686 g/mol. The van der Waals surface area contributed by atoms with Gasteiger partial charge in [-0.2, -0.15) is 4.31 Å². The molecule has 47 heavy (non-hydrogen) atoms. The molecular formula is C30H30N4O11S2. The number of amides is 2. The van der Waals surface area contributed by atoms with E-state index in [4.69, 9.17) is 33.4 Å². The Bertz CT molecular complexity index is 1840. The summed E-state index contributed by atoms with van der Waals surface area (Å²) in [5, 5.41) is 16.3. The number of rotatable bonds is 5. The molecule has 2 aromatic heterocycles. The van der Waals surface area contributed by atoms with Crippen molar-refractivity contribution in [3.05, 3.63) is 71.9 Å². The second-order valence-electron chi connectivity index (χ2n) is 10.1. The van der Waals surface area contributed by atoms with Crippen LogP contribution in [0.15, 0.2) is 69.5 Å². The second kappa shape index (κ2) is 14.5. The first-order chi connectivity index (χ1) is 22.7. The third kappa shape index (κ3) is 7.48. The number of benzene rings is 2. The van der Waals surface area contributed by atoms with Gasteiger partial charge in [0.1, 0.15) is 10.3 Å². The fraction of sp³-hybridized carbons (Fsp3) is 0.267. The molecule has 5 heterocycles. The molecule has 17 heteroatoms. The lowest BCUT2D eigenvalue weighted by Crippen LogP contribution is -2.45. The number of fused-ring (bicyclic) bond motifs is 7. The van der Waals surface area contributed by atoms with Gasteiger partial charge >= 0.3 is 0 Å². The van der Waals surface area contributed by atoms with E-state index in [0.29, 0.717) is 27.9 Å². The SMILES string of the molecule is COc1ccc2cc1OCC(=O)NCc1ccc(c(OC)c1)O[C@H]1CN(S(=O)(=O)c3ccc(-c4ccno4)s3)C[C@@H]1NC2=O.O=CO. The van der Waals surface area contributed by atoms with E-state index < -0.39 is 28.1 Å². The Balaban J connectivity index is 0.00000139. The van der Waals surface area contributed by atoms with Crippen molar-refractivity contribution < 1.29 is 51.4 Å². The lowest BCUT2D eigenvalue weighted by Gasteiger charge is -2.22. The molecule has 3 N–H and O–H groups in total. The third-order valence-electron chi connectivity index (χ3n) is 7.19. The highest BCUT2D eigenvalue weighted by Crippen LogP contribution is 2.36. The summed E-state index contributed by atoms with van der Waals surface area (Å²) in [4.78, 5) is 35.0. The van der Waals surface area contributed by atoms with Crippen molar-refractivity contribution in [2.45, 2.75) is 22.9 Å². The highest BCUT2D eigenvalue weighted by molar-refractivity contribution is 7.91. The minimum Gasteiger partial charge on any atom is -0.493 e. The van der Waals surface area contributed by atoms with Gasteiger partial charge in [-0.05, 0) is 48.0 Å². The zero-order chi connectivity index (χ0) is 33.6. The van der Waals surface area contributed by atoms with E-state index in [-0.39, 0.29) is 54.1 Å². The van der Waals surface area contributed by atoms with E-state index in [1.165, 1.54) is 36.9 Å². The van der Waals surface area contributed by atoms with Crippen LogP contribution in [0.4, 0.5) is 0 Å². The lowest BCUT2D eigenvalue weighted by molar-refractivity contribution is -0.123. The Hall–Kier alpha value is -5.13. The van der Waals surface area contributed by atoms with Crippen molar-refractivity contribution in [1.82, 2.24) is 20.1 Å². The molecule has 0 aliphatic carbocycles. The number of ether oxygens (including phenoxy) is 4. The van der Waals surface area contributed by atoms with Crippen molar-refractivity contribution >= 4 is 39.6 Å². The molecule has 0 unspecified atom stereocenters. The predicted octanol–water partition coefficient (Wildman–Crippen LogP) is 2.38. The average molecular weight is 687 g/mol. The number of carbonyl (C=O) groups is 3. The number of sulfonamides is 1. The maximum Gasteiger partial charge on any atom is 0.290 e. The quantitative estimate of drug-likeness (QED) is 0.260. The normalized spacial score (nSPS) is 18.3. The van der Waals surface area contributed by atoms with E-state index in [1.54, 1.807) is 42.5 Å². The smallest absolute Gasteiger partial charge is 0.290 e. The molecule has 0 saturated carbocycles. The molecule has 4 aromatic rings. The number of hydrogen-bond donors (Lipinski definition) is 3. The van der Waals surface area contributed by atoms with Gasteiger partial charge in [-0.1, -0.05) is 11.2 Å². The highest BCUT2D eigenvalue weighted by atomic mass is 32.2. The van der Waals surface area contributed by atoms with Gasteiger partial charge in [0.15, 0.2) is 35.4 Å². The minimum absolute atomic E-state index is 0.0409. The van der Waals surface area contributed by atoms with E-state index in [9.17, 15) is 18.0 Å². The Kier molecular flexibility index (Phi) is 10.3. The summed E-state index contributed by atoms with van der Waals surface area (Å²) in [6, 6.07) is 13.8. The van der Waals surface area contributed by atoms with Crippen LogP contribution in [-0.4, -0.2) is 87.3 Å². The van der Waals surface area contributed by atoms with Gasteiger partial charge < -0.3 is 39.2 Å². The number of aromatic nitrogens is 1. The molecule has 1 saturated heterocycles. The standard InChI is InChI=1S/C29H28N4O9S2.CH2O2/c1-38-20-6-4-18-12-24(20)40-16-27(34)30-13-17-3-5-21(23(11-17)39-2)41-25-15-33(14-19(25)32-29(18)35)44(36,37)28-8-7-26(43-28)22-9-10-31-42-22;2-1-3/h3-12,19,25H,13-16H2,1-2H3,(H,30,34)(H,32,35);1H,(H,2,3)/t19-,25-;/m0./s1. The largest absolute Gasteiger partial charge is 0.493 e. The molecule has 7 rings (SSSR count). The van der Waals surface area contributed by atoms with Crippen molar-refractivity contribution in [2.75, 3.05) is 33.9 Å². The van der Waals surface area contributed by atoms with Gasteiger partial charge in [0.25, 0.3) is 28.3 Å². The average Bonchev–Trinajstić information content (AvgIpc) is 3.85. The molecule has 0 spiro atoms. The molecule has 15 nitrogen and oxygen atoms in total. The predicted molar refractivity (Wildman–Crippen MR) is 166 cm³/mol. The van der Waals surface area contributed by atoms with E-state index in [2.05, 4.69) is 15.8 Å². The molecule has 2 atom stereocenters. The fourth-order valence-corrected chi connectivity index (χ4v) is 7.81. The molecule has 1 fully saturated rings. The van der Waals surface area contributed by atoms with Crippen molar-refractivity contribution in [2.24, 2.45) is 0 Å². The minimum atomic E-state index is -3.96. The summed E-state index contributed by atoms with van der Waals surface area (Å²) >= 11 is 1.06. The summed E-state index contributed by atoms with van der Waals surface area (Å²) in [5.41, 5.74) is 0.967. The topological polar surface area (TPSA) is 196 Å². The van der Waals surface area contributed by atoms with E-state index in [0.717, 1.165) is 16.9 Å². The molecule has 248 valence electrons. The molecule has 0 radical (unpaired) electrons. The zero-order valence-corrected chi connectivity index (χ0v) is 26.7. The van der Waals surface area contributed by atoms with Crippen LogP contribution in [0.1, 0.15) is 15.9 Å². The van der Waals surface area contributed by atoms with Crippen LogP contribution in [0.3, 0.4) is 0 Å². The zero-order valence-electron chi connectivity index (χ0n) is 25.1. The first-order valence-corrected chi connectivity index (χ1v) is 16.2. The van der Waals surface area contributed by atoms with Gasteiger partial charge in [-0.25, -0.2) is 8.42 Å². The number of methoxy groups -OCH3 is 2. The number of carbonyl (C=O) groups excluding carboxylic acids is 2. The maximum absolute atomic E-state index is 13.8. The molecule has 4 bridgehead atoms. The third-order valence-corrected chi connectivity index (χ3v) is 10.6. The van der Waals surface area contributed by atoms with Gasteiger partial charge in [-0.15, -0.1) is 11.3 Å². The first-order valence-electron chi connectivity index (χ1n) is 14.0. The van der Waals surface area contributed by atoms with Gasteiger partial charge in [0.2, 0.25) is 0 Å². The van der Waals surface area contributed by atoms with Gasteiger partial charge in [0.05, 0.1) is 37.9 Å². The Labute approximate surface area is 273 Å². The van der Waals surface area contributed by atoms with E-state index in [1.807, 2.05) is 0 Å². The molecule has 2 aromatic carbocycles. The summed E-state index contributed by atoms with van der Waals surface area (Å²) in [6.45, 7) is -0.448. The summed E-state index contributed by atoms with van der Waals surface area (Å²) in [5.74, 6) is 0.877. The molecular weight excluding hydrogens is 656 g/mol. The van der Waals surface area contributed by atoms with Crippen LogP contribution >= 0.6 is 11.3 Å².